The van der Waals surface area contributed by atoms with E-state index in [1.807, 2.05) is 6.26 Å². The number of nitro groups is 1. The Balaban J connectivity index is 3.05. The van der Waals surface area contributed by atoms with Crippen LogP contribution in [-0.2, 0) is 0 Å². The number of ether oxygens (including phenoxy) is 1. The van der Waals surface area contributed by atoms with Gasteiger partial charge in [0.1, 0.15) is 11.3 Å². The van der Waals surface area contributed by atoms with E-state index in [4.69, 9.17) is 4.74 Å². The number of nitro benzene ring substituents is 1. The quantitative estimate of drug-likeness (QED) is 0.491. The summed E-state index contributed by atoms with van der Waals surface area (Å²) in [5.41, 5.74) is -0.101. The number of rotatable bonds is 6. The molecule has 0 aromatic heterocycles. The van der Waals surface area contributed by atoms with Gasteiger partial charge in [0.05, 0.1) is 23.0 Å². The van der Waals surface area contributed by atoms with Crippen LogP contribution in [0.1, 0.15) is 37.6 Å². The second-order valence-electron chi connectivity index (χ2n) is 6.05. The van der Waals surface area contributed by atoms with Gasteiger partial charge in [-0.3, -0.25) is 14.9 Å². The predicted octanol–water partition coefficient (Wildman–Crippen LogP) is 3.49. The Morgan fingerprint density at radius 3 is 2.50 bits per heavy atom. The Labute approximate surface area is 134 Å². The van der Waals surface area contributed by atoms with Crippen LogP contribution in [-0.4, -0.2) is 30.7 Å². The monoisotopic (exact) mass is 326 g/mol. The minimum Gasteiger partial charge on any atom is -0.495 e. The fraction of sp³-hybridized carbons (Fsp3) is 0.533. The van der Waals surface area contributed by atoms with E-state index in [2.05, 4.69) is 26.1 Å². The van der Waals surface area contributed by atoms with Crippen LogP contribution in [0, 0.1) is 15.5 Å². The number of carbonyl (C=O) groups excluding carboxylic acids is 1. The second kappa shape index (κ2) is 7.49. The molecular formula is C15H22N2O4S. The Morgan fingerprint density at radius 1 is 1.41 bits per heavy atom. The maximum atomic E-state index is 12.3. The number of amides is 1. The lowest BCUT2D eigenvalue weighted by Crippen LogP contribution is -2.27. The summed E-state index contributed by atoms with van der Waals surface area (Å²) in [5, 5.41) is 13.9. The van der Waals surface area contributed by atoms with Gasteiger partial charge in [0.15, 0.2) is 0 Å². The Kier molecular flexibility index (Phi) is 6.22. The van der Waals surface area contributed by atoms with Crippen molar-refractivity contribution in [1.29, 1.82) is 0 Å². The number of hydrogen-bond acceptors (Lipinski definition) is 5. The van der Waals surface area contributed by atoms with E-state index >= 15 is 0 Å². The first-order chi connectivity index (χ1) is 10.2. The largest absolute Gasteiger partial charge is 0.495 e. The van der Waals surface area contributed by atoms with Crippen molar-refractivity contribution in [2.24, 2.45) is 5.41 Å². The maximum Gasteiger partial charge on any atom is 0.285 e. The van der Waals surface area contributed by atoms with Gasteiger partial charge in [-0.15, -0.1) is 11.8 Å². The zero-order valence-corrected chi connectivity index (χ0v) is 14.4. The molecule has 1 aromatic carbocycles. The molecule has 1 aromatic rings. The highest BCUT2D eigenvalue weighted by Crippen LogP contribution is 2.34. The minimum atomic E-state index is -0.564. The van der Waals surface area contributed by atoms with Crippen LogP contribution in [0.15, 0.2) is 17.0 Å². The molecule has 22 heavy (non-hydrogen) atoms. The van der Waals surface area contributed by atoms with Crippen molar-refractivity contribution in [1.82, 2.24) is 5.32 Å². The molecule has 7 heteroatoms. The van der Waals surface area contributed by atoms with Gasteiger partial charge >= 0.3 is 0 Å². The van der Waals surface area contributed by atoms with E-state index in [-0.39, 0.29) is 16.7 Å². The van der Waals surface area contributed by atoms with Gasteiger partial charge in [-0.05, 0) is 24.2 Å². The fourth-order valence-electron chi connectivity index (χ4n) is 1.85. The van der Waals surface area contributed by atoms with Crippen LogP contribution in [0.2, 0.25) is 0 Å². The van der Waals surface area contributed by atoms with Gasteiger partial charge < -0.3 is 10.1 Å². The highest BCUT2D eigenvalue weighted by molar-refractivity contribution is 7.98. The summed E-state index contributed by atoms with van der Waals surface area (Å²) in [6.45, 7) is 6.68. The lowest BCUT2D eigenvalue weighted by Gasteiger charge is -2.18. The second-order valence-corrected chi connectivity index (χ2v) is 6.90. The van der Waals surface area contributed by atoms with Crippen molar-refractivity contribution in [2.45, 2.75) is 32.1 Å². The highest BCUT2D eigenvalue weighted by atomic mass is 32.2. The van der Waals surface area contributed by atoms with E-state index < -0.39 is 10.8 Å². The summed E-state index contributed by atoms with van der Waals surface area (Å²) in [6.07, 6.45) is 2.61. The molecule has 0 saturated heterocycles. The molecule has 1 amide bonds. The molecule has 0 bridgehead atoms. The third-order valence-corrected chi connectivity index (χ3v) is 3.86. The number of methoxy groups -OCH3 is 1. The average molecular weight is 326 g/mol. The first-order valence-corrected chi connectivity index (χ1v) is 8.10. The van der Waals surface area contributed by atoms with Crippen molar-refractivity contribution in [2.75, 3.05) is 19.9 Å². The lowest BCUT2D eigenvalue weighted by atomic mass is 9.92. The number of carbonyl (C=O) groups is 1. The molecule has 0 heterocycles. The summed E-state index contributed by atoms with van der Waals surface area (Å²) < 4.78 is 5.13. The molecule has 0 spiro atoms. The summed E-state index contributed by atoms with van der Waals surface area (Å²) >= 11 is 1.37. The van der Waals surface area contributed by atoms with E-state index in [0.29, 0.717) is 17.2 Å². The Morgan fingerprint density at radius 2 is 2.05 bits per heavy atom. The molecule has 122 valence electrons. The molecule has 0 aliphatic carbocycles. The van der Waals surface area contributed by atoms with E-state index in [1.165, 1.54) is 31.0 Å². The first kappa shape index (κ1) is 18.3. The number of hydrogen-bond donors (Lipinski definition) is 1. The molecule has 0 aliphatic rings. The fourth-order valence-corrected chi connectivity index (χ4v) is 2.43. The number of nitrogens with zero attached hydrogens (tertiary/aromatic N) is 1. The SMILES string of the molecule is COc1cc([N+](=O)[O-])c(C(=O)NCCC(C)(C)C)cc1SC. The van der Waals surface area contributed by atoms with E-state index in [1.54, 1.807) is 0 Å². The van der Waals surface area contributed by atoms with Crippen LogP contribution >= 0.6 is 11.8 Å². The molecule has 1 rings (SSSR count). The Bertz CT molecular complexity index is 567. The number of nitrogens with one attached hydrogen (secondary N) is 1. The summed E-state index contributed by atoms with van der Waals surface area (Å²) in [4.78, 5) is 23.6. The van der Waals surface area contributed by atoms with Gasteiger partial charge in [0, 0.05) is 6.54 Å². The van der Waals surface area contributed by atoms with Crippen molar-refractivity contribution < 1.29 is 14.5 Å². The van der Waals surface area contributed by atoms with Crippen LogP contribution < -0.4 is 10.1 Å². The molecule has 0 fully saturated rings. The maximum absolute atomic E-state index is 12.3. The number of benzene rings is 1. The van der Waals surface area contributed by atoms with Gasteiger partial charge in [-0.2, -0.15) is 0 Å². The van der Waals surface area contributed by atoms with Crippen molar-refractivity contribution in [3.8, 4) is 5.75 Å². The van der Waals surface area contributed by atoms with E-state index in [9.17, 15) is 14.9 Å². The molecular weight excluding hydrogens is 304 g/mol. The minimum absolute atomic E-state index is 0.0593. The zero-order valence-electron chi connectivity index (χ0n) is 13.6. The van der Waals surface area contributed by atoms with Crippen molar-refractivity contribution in [3.63, 3.8) is 0 Å². The highest BCUT2D eigenvalue weighted by Gasteiger charge is 2.24. The third-order valence-electron chi connectivity index (χ3n) is 3.10. The third kappa shape index (κ3) is 4.91. The smallest absolute Gasteiger partial charge is 0.285 e. The van der Waals surface area contributed by atoms with Gasteiger partial charge in [-0.1, -0.05) is 20.8 Å². The van der Waals surface area contributed by atoms with Crippen LogP contribution in [0.3, 0.4) is 0 Å². The standard InChI is InChI=1S/C15H22N2O4S/c1-15(2,3)6-7-16-14(18)10-8-13(22-5)12(21-4)9-11(10)17(19)20/h8-9H,6-7H2,1-5H3,(H,16,18). The lowest BCUT2D eigenvalue weighted by molar-refractivity contribution is -0.385. The number of thioether (sulfide) groups is 1. The van der Waals surface area contributed by atoms with Crippen LogP contribution in [0.4, 0.5) is 5.69 Å². The topological polar surface area (TPSA) is 81.5 Å². The Hall–Kier alpha value is -1.76. The van der Waals surface area contributed by atoms with Gasteiger partial charge in [-0.25, -0.2) is 0 Å². The predicted molar refractivity (Wildman–Crippen MR) is 87.8 cm³/mol. The summed E-state index contributed by atoms with van der Waals surface area (Å²) in [5.74, 6) is -0.0423. The summed E-state index contributed by atoms with van der Waals surface area (Å²) in [7, 11) is 1.45. The average Bonchev–Trinajstić information content (AvgIpc) is 2.44. The van der Waals surface area contributed by atoms with E-state index in [0.717, 1.165) is 6.42 Å². The molecule has 6 nitrogen and oxygen atoms in total. The molecule has 0 unspecified atom stereocenters. The van der Waals surface area contributed by atoms with Crippen molar-refractivity contribution >= 4 is 23.4 Å². The first-order valence-electron chi connectivity index (χ1n) is 6.88. The molecule has 0 saturated carbocycles. The van der Waals surface area contributed by atoms with Crippen LogP contribution in [0.25, 0.3) is 0 Å². The molecule has 0 radical (unpaired) electrons. The summed E-state index contributed by atoms with van der Waals surface area (Å²) in [6, 6.07) is 2.80. The normalized spacial score (nSPS) is 11.1. The van der Waals surface area contributed by atoms with Gasteiger partial charge in [0.25, 0.3) is 11.6 Å². The molecule has 1 N–H and O–H groups in total. The molecule has 0 aliphatic heterocycles. The van der Waals surface area contributed by atoms with Gasteiger partial charge in [0.2, 0.25) is 0 Å². The zero-order chi connectivity index (χ0) is 16.9. The van der Waals surface area contributed by atoms with Crippen molar-refractivity contribution in [3.05, 3.63) is 27.8 Å². The van der Waals surface area contributed by atoms with Crippen LogP contribution in [0.5, 0.6) is 5.75 Å². The molecule has 0 atom stereocenters.